The monoisotopic (exact) mass is 374 g/mol. The molecule has 0 bridgehead atoms. The molecule has 0 saturated heterocycles. The summed E-state index contributed by atoms with van der Waals surface area (Å²) in [5.74, 6) is -0.333. The van der Waals surface area contributed by atoms with E-state index in [-0.39, 0.29) is 28.9 Å². The predicted molar refractivity (Wildman–Crippen MR) is 97.4 cm³/mol. The second kappa shape index (κ2) is 7.31. The number of hydrogen-bond acceptors (Lipinski definition) is 5. The molecule has 0 fully saturated rings. The summed E-state index contributed by atoms with van der Waals surface area (Å²) < 4.78 is 1.48. The molecular weight excluding hydrogens is 356 g/mol. The normalized spacial score (nSPS) is 12.3. The molecule has 0 saturated carbocycles. The minimum atomic E-state index is -0.942. The number of rotatable bonds is 5. The Kier molecular flexibility index (Phi) is 5.11. The van der Waals surface area contributed by atoms with Crippen LogP contribution in [0.4, 0.5) is 0 Å². The molecule has 136 valence electrons. The Morgan fingerprint density at radius 2 is 2.19 bits per heavy atom. The average molecular weight is 375 g/mol. The van der Waals surface area contributed by atoms with Gasteiger partial charge in [0.1, 0.15) is 10.8 Å². The fourth-order valence-corrected chi connectivity index (χ4v) is 2.94. The van der Waals surface area contributed by atoms with Gasteiger partial charge in [-0.25, -0.2) is 9.50 Å². The molecule has 1 unspecified atom stereocenters. The van der Waals surface area contributed by atoms with E-state index in [1.165, 1.54) is 21.5 Å². The van der Waals surface area contributed by atoms with Crippen LogP contribution < -0.4 is 0 Å². The summed E-state index contributed by atoms with van der Waals surface area (Å²) in [5, 5.41) is 24.4. The zero-order chi connectivity index (χ0) is 18.8. The Labute approximate surface area is 155 Å². The largest absolute Gasteiger partial charge is 0.508 e. The van der Waals surface area contributed by atoms with Crippen LogP contribution in [0.15, 0.2) is 36.7 Å². The van der Waals surface area contributed by atoms with Crippen molar-refractivity contribution in [3.63, 3.8) is 0 Å². The second-order valence-electron chi connectivity index (χ2n) is 6.02. The van der Waals surface area contributed by atoms with E-state index in [1.54, 1.807) is 31.5 Å². The Hall–Kier alpha value is -2.64. The van der Waals surface area contributed by atoms with E-state index < -0.39 is 6.10 Å². The number of carbonyl (C=O) groups excluding carboxylic acids is 1. The lowest BCUT2D eigenvalue weighted by atomic mass is 10.1. The highest BCUT2D eigenvalue weighted by Gasteiger charge is 2.25. The van der Waals surface area contributed by atoms with Crippen molar-refractivity contribution in [1.29, 1.82) is 0 Å². The summed E-state index contributed by atoms with van der Waals surface area (Å²) >= 11 is 6.29. The number of aliphatic hydroxyl groups is 1. The van der Waals surface area contributed by atoms with Crippen LogP contribution in [-0.2, 0) is 0 Å². The maximum absolute atomic E-state index is 12.9. The summed E-state index contributed by atoms with van der Waals surface area (Å²) in [6, 6.07) is 6.31. The molecule has 1 atom stereocenters. The topological polar surface area (TPSA) is 91.0 Å². The zero-order valence-electron chi connectivity index (χ0n) is 14.4. The first-order valence-electron chi connectivity index (χ1n) is 8.17. The number of fused-ring (bicyclic) bond motifs is 1. The van der Waals surface area contributed by atoms with Crippen LogP contribution in [-0.4, -0.2) is 48.7 Å². The maximum atomic E-state index is 12.9. The van der Waals surface area contributed by atoms with Crippen LogP contribution in [0.5, 0.6) is 5.75 Å². The first-order chi connectivity index (χ1) is 12.4. The number of aryl methyl sites for hydroxylation is 1. The second-order valence-corrected chi connectivity index (χ2v) is 6.39. The van der Waals surface area contributed by atoms with Gasteiger partial charge in [0, 0.05) is 18.9 Å². The van der Waals surface area contributed by atoms with Crippen molar-refractivity contribution in [3.8, 4) is 5.75 Å². The van der Waals surface area contributed by atoms with Crippen molar-refractivity contribution >= 4 is 23.2 Å². The van der Waals surface area contributed by atoms with Crippen molar-refractivity contribution in [1.82, 2.24) is 19.5 Å². The number of carbonyl (C=O) groups is 1. The van der Waals surface area contributed by atoms with Gasteiger partial charge in [-0.2, -0.15) is 5.10 Å². The van der Waals surface area contributed by atoms with Crippen molar-refractivity contribution in [2.24, 2.45) is 0 Å². The number of phenolic OH excluding ortho intramolecular Hbond substituents is 1. The first kappa shape index (κ1) is 18.2. The number of benzene rings is 1. The highest BCUT2D eigenvalue weighted by atomic mass is 35.5. The molecule has 26 heavy (non-hydrogen) atoms. The highest BCUT2D eigenvalue weighted by molar-refractivity contribution is 6.36. The molecule has 2 heterocycles. The molecule has 0 spiro atoms. The van der Waals surface area contributed by atoms with E-state index in [1.807, 2.05) is 6.92 Å². The Balaban J connectivity index is 1.86. The minimum Gasteiger partial charge on any atom is -0.508 e. The van der Waals surface area contributed by atoms with Crippen molar-refractivity contribution in [3.05, 3.63) is 58.5 Å². The zero-order valence-corrected chi connectivity index (χ0v) is 15.2. The Morgan fingerprint density at radius 3 is 2.88 bits per heavy atom. The van der Waals surface area contributed by atoms with E-state index in [9.17, 15) is 15.0 Å². The lowest BCUT2D eigenvalue weighted by Gasteiger charge is -2.23. The number of nitrogens with zero attached hydrogens (tertiary/aromatic N) is 4. The molecule has 0 aliphatic carbocycles. The lowest BCUT2D eigenvalue weighted by molar-refractivity contribution is 0.0629. The standard InChI is InChI=1S/C18H19ClN4O3/c1-3-22(10-14(25)12-5-4-6-13(24)7-12)18(26)16-15(19)17-20-8-11(2)9-23(17)21-16/h4-9,14,24-25H,3,10H2,1-2H3. The van der Waals surface area contributed by atoms with E-state index in [0.29, 0.717) is 17.8 Å². The SMILES string of the molecule is CCN(CC(O)c1cccc(O)c1)C(=O)c1nn2cc(C)cnc2c1Cl. The fraction of sp³-hybridized carbons (Fsp3) is 0.278. The van der Waals surface area contributed by atoms with Gasteiger partial charge in [-0.1, -0.05) is 23.7 Å². The molecule has 0 aliphatic rings. The Bertz CT molecular complexity index is 957. The molecule has 2 N–H and O–H groups in total. The lowest BCUT2D eigenvalue weighted by Crippen LogP contribution is -2.35. The van der Waals surface area contributed by atoms with Gasteiger partial charge < -0.3 is 15.1 Å². The molecule has 7 nitrogen and oxygen atoms in total. The first-order valence-corrected chi connectivity index (χ1v) is 8.55. The third-order valence-corrected chi connectivity index (χ3v) is 4.41. The maximum Gasteiger partial charge on any atom is 0.276 e. The van der Waals surface area contributed by atoms with E-state index in [2.05, 4.69) is 10.1 Å². The molecule has 1 amide bonds. The number of likely N-dealkylation sites (N-methyl/N-ethyl adjacent to an activating group) is 1. The number of aliphatic hydroxyl groups excluding tert-OH is 1. The van der Waals surface area contributed by atoms with Gasteiger partial charge in [0.2, 0.25) is 0 Å². The number of halogens is 1. The smallest absolute Gasteiger partial charge is 0.276 e. The van der Waals surface area contributed by atoms with Gasteiger partial charge in [-0.3, -0.25) is 4.79 Å². The predicted octanol–water partition coefficient (Wildman–Crippen LogP) is 2.59. The molecular formula is C18H19ClN4O3. The van der Waals surface area contributed by atoms with E-state index in [0.717, 1.165) is 5.56 Å². The fourth-order valence-electron chi connectivity index (χ4n) is 2.69. The third kappa shape index (κ3) is 3.49. The van der Waals surface area contributed by atoms with Crippen LogP contribution in [0.2, 0.25) is 5.02 Å². The van der Waals surface area contributed by atoms with Crippen molar-refractivity contribution < 1.29 is 15.0 Å². The summed E-state index contributed by atoms with van der Waals surface area (Å²) in [4.78, 5) is 18.5. The van der Waals surface area contributed by atoms with Crippen LogP contribution in [0.1, 0.15) is 34.6 Å². The van der Waals surface area contributed by atoms with Crippen LogP contribution in [0, 0.1) is 6.92 Å². The average Bonchev–Trinajstić information content (AvgIpc) is 2.94. The van der Waals surface area contributed by atoms with Gasteiger partial charge in [0.05, 0.1) is 12.6 Å². The van der Waals surface area contributed by atoms with Crippen LogP contribution in [0.3, 0.4) is 0 Å². The van der Waals surface area contributed by atoms with E-state index >= 15 is 0 Å². The van der Waals surface area contributed by atoms with Gasteiger partial charge in [0.25, 0.3) is 5.91 Å². The third-order valence-electron chi connectivity index (χ3n) is 4.07. The number of amides is 1. The van der Waals surface area contributed by atoms with Gasteiger partial charge >= 0.3 is 0 Å². The molecule has 1 aromatic carbocycles. The van der Waals surface area contributed by atoms with Crippen molar-refractivity contribution in [2.75, 3.05) is 13.1 Å². The molecule has 0 radical (unpaired) electrons. The summed E-state index contributed by atoms with van der Waals surface area (Å²) in [6.07, 6.45) is 2.45. The van der Waals surface area contributed by atoms with Crippen LogP contribution >= 0.6 is 11.6 Å². The summed E-state index contributed by atoms with van der Waals surface area (Å²) in [5.41, 5.74) is 1.91. The molecule has 0 aliphatic heterocycles. The molecule has 8 heteroatoms. The number of aromatic hydroxyl groups is 1. The van der Waals surface area contributed by atoms with Gasteiger partial charge in [-0.05, 0) is 37.1 Å². The molecule has 2 aromatic heterocycles. The van der Waals surface area contributed by atoms with Crippen LogP contribution in [0.25, 0.3) is 5.65 Å². The molecule has 3 aromatic rings. The van der Waals surface area contributed by atoms with Gasteiger partial charge in [0.15, 0.2) is 11.3 Å². The summed E-state index contributed by atoms with van der Waals surface area (Å²) in [7, 11) is 0. The number of phenols is 1. The summed E-state index contributed by atoms with van der Waals surface area (Å²) in [6.45, 7) is 4.09. The number of aromatic nitrogens is 3. The Morgan fingerprint density at radius 1 is 1.42 bits per heavy atom. The molecule has 3 rings (SSSR count). The highest BCUT2D eigenvalue weighted by Crippen LogP contribution is 2.24. The van der Waals surface area contributed by atoms with Crippen molar-refractivity contribution in [2.45, 2.75) is 20.0 Å². The number of hydrogen-bond donors (Lipinski definition) is 2. The minimum absolute atomic E-state index is 0.0510. The van der Waals surface area contributed by atoms with Gasteiger partial charge in [-0.15, -0.1) is 0 Å². The quantitative estimate of drug-likeness (QED) is 0.716. The van der Waals surface area contributed by atoms with E-state index in [4.69, 9.17) is 11.6 Å².